The number of rotatable bonds is 4. The lowest BCUT2D eigenvalue weighted by Gasteiger charge is -2.07. The van der Waals surface area contributed by atoms with Crippen molar-refractivity contribution in [2.75, 3.05) is 5.73 Å². The number of nitrogen functional groups attached to an aromatic ring is 1. The smallest absolute Gasteiger partial charge is 0.275 e. The van der Waals surface area contributed by atoms with E-state index in [1.165, 1.54) is 12.1 Å². The van der Waals surface area contributed by atoms with Crippen LogP contribution in [0.5, 0.6) is 0 Å². The predicted octanol–water partition coefficient (Wildman–Crippen LogP) is 3.90. The van der Waals surface area contributed by atoms with Crippen molar-refractivity contribution in [3.05, 3.63) is 61.6 Å². The molecular weight excluding hydrogens is 380 g/mol. The van der Waals surface area contributed by atoms with E-state index in [-0.39, 0.29) is 16.5 Å². The Morgan fingerprint density at radius 3 is 2.62 bits per heavy atom. The lowest BCUT2D eigenvalue weighted by atomic mass is 10.2. The standard InChI is InChI=1S/C13H10BrClN2O3S/c14-11-6-10(16)3-4-13(11)21(20)7-8-1-2-9(15)5-12(8)17(18)19/h1-6H,7,16H2. The fourth-order valence-electron chi connectivity index (χ4n) is 1.75. The van der Waals surface area contributed by atoms with E-state index in [9.17, 15) is 14.3 Å². The lowest BCUT2D eigenvalue weighted by Crippen LogP contribution is -2.02. The first-order valence-corrected chi connectivity index (χ1v) is 8.23. The molecule has 8 heteroatoms. The van der Waals surface area contributed by atoms with E-state index in [1.807, 2.05) is 0 Å². The highest BCUT2D eigenvalue weighted by Crippen LogP contribution is 2.28. The third-order valence-corrected chi connectivity index (χ3v) is 5.31. The molecule has 0 saturated carbocycles. The van der Waals surface area contributed by atoms with Crippen molar-refractivity contribution in [2.24, 2.45) is 0 Å². The number of nitro groups is 1. The van der Waals surface area contributed by atoms with Crippen molar-refractivity contribution in [3.8, 4) is 0 Å². The SMILES string of the molecule is Nc1ccc(S(=O)Cc2ccc(Cl)cc2[N+](=O)[O-])c(Br)c1. The molecule has 2 N–H and O–H groups in total. The average molecular weight is 390 g/mol. The minimum absolute atomic E-state index is 0.0238. The molecule has 0 aromatic heterocycles. The molecule has 0 amide bonds. The predicted molar refractivity (Wildman–Crippen MR) is 86.8 cm³/mol. The molecule has 1 atom stereocenters. The van der Waals surface area contributed by atoms with Gasteiger partial charge in [-0.25, -0.2) is 0 Å². The van der Waals surface area contributed by atoms with Crippen molar-refractivity contribution in [1.82, 2.24) is 0 Å². The van der Waals surface area contributed by atoms with E-state index in [0.717, 1.165) is 0 Å². The van der Waals surface area contributed by atoms with Crippen molar-refractivity contribution in [1.29, 1.82) is 0 Å². The summed E-state index contributed by atoms with van der Waals surface area (Å²) < 4.78 is 13.0. The van der Waals surface area contributed by atoms with Crippen LogP contribution in [0.25, 0.3) is 0 Å². The summed E-state index contributed by atoms with van der Waals surface area (Å²) in [4.78, 5) is 11.0. The van der Waals surface area contributed by atoms with Crippen LogP contribution in [0.15, 0.2) is 45.8 Å². The van der Waals surface area contributed by atoms with Gasteiger partial charge < -0.3 is 5.73 Å². The van der Waals surface area contributed by atoms with Gasteiger partial charge in [-0.15, -0.1) is 0 Å². The molecule has 0 bridgehead atoms. The number of hydrogen-bond donors (Lipinski definition) is 1. The highest BCUT2D eigenvalue weighted by Gasteiger charge is 2.18. The maximum absolute atomic E-state index is 12.4. The van der Waals surface area contributed by atoms with Crippen LogP contribution in [-0.2, 0) is 16.6 Å². The minimum atomic E-state index is -1.44. The molecule has 0 aliphatic rings. The second-order valence-corrected chi connectivity index (χ2v) is 6.92. The van der Waals surface area contributed by atoms with Crippen LogP contribution < -0.4 is 5.73 Å². The van der Waals surface area contributed by atoms with Crippen molar-refractivity contribution < 1.29 is 9.13 Å². The van der Waals surface area contributed by atoms with Gasteiger partial charge in [0.1, 0.15) is 0 Å². The fraction of sp³-hybridized carbons (Fsp3) is 0.0769. The number of nitro benzene ring substituents is 1. The van der Waals surface area contributed by atoms with Crippen LogP contribution in [0.3, 0.4) is 0 Å². The molecule has 2 aromatic rings. The zero-order valence-electron chi connectivity index (χ0n) is 10.6. The highest BCUT2D eigenvalue weighted by atomic mass is 79.9. The van der Waals surface area contributed by atoms with E-state index in [2.05, 4.69) is 15.9 Å². The molecule has 21 heavy (non-hydrogen) atoms. The molecule has 5 nitrogen and oxygen atoms in total. The van der Waals surface area contributed by atoms with Crippen molar-refractivity contribution >= 4 is 49.7 Å². The summed E-state index contributed by atoms with van der Waals surface area (Å²) in [6, 6.07) is 9.23. The number of halogens is 2. The summed E-state index contributed by atoms with van der Waals surface area (Å²) in [6.45, 7) is 0. The Balaban J connectivity index is 2.34. The molecule has 1 unspecified atom stereocenters. The van der Waals surface area contributed by atoms with Crippen molar-refractivity contribution in [2.45, 2.75) is 10.6 Å². The second-order valence-electron chi connectivity index (χ2n) is 4.21. The molecule has 0 fully saturated rings. The fourth-order valence-corrected chi connectivity index (χ4v) is 4.03. The molecule has 0 aliphatic carbocycles. The first-order valence-electron chi connectivity index (χ1n) is 5.74. The maximum Gasteiger partial charge on any atom is 0.275 e. The van der Waals surface area contributed by atoms with Gasteiger partial charge in [-0.2, -0.15) is 0 Å². The highest BCUT2D eigenvalue weighted by molar-refractivity contribution is 9.10. The van der Waals surface area contributed by atoms with Gasteiger partial charge in [0, 0.05) is 26.8 Å². The summed E-state index contributed by atoms with van der Waals surface area (Å²) in [5.41, 5.74) is 6.40. The molecule has 2 rings (SSSR count). The number of nitrogens with two attached hydrogens (primary N) is 1. The third kappa shape index (κ3) is 3.81. The number of benzene rings is 2. The zero-order valence-corrected chi connectivity index (χ0v) is 13.7. The molecule has 0 radical (unpaired) electrons. The van der Waals surface area contributed by atoms with Gasteiger partial charge in [-0.3, -0.25) is 14.3 Å². The normalized spacial score (nSPS) is 12.1. The average Bonchev–Trinajstić information content (AvgIpc) is 2.40. The van der Waals surface area contributed by atoms with Gasteiger partial charge in [0.2, 0.25) is 0 Å². The molecule has 110 valence electrons. The van der Waals surface area contributed by atoms with Crippen molar-refractivity contribution in [3.63, 3.8) is 0 Å². The van der Waals surface area contributed by atoms with Crippen LogP contribution in [0.2, 0.25) is 5.02 Å². The number of anilines is 1. The quantitative estimate of drug-likeness (QED) is 0.488. The van der Waals surface area contributed by atoms with Crippen LogP contribution in [0, 0.1) is 10.1 Å². The van der Waals surface area contributed by atoms with Gasteiger partial charge in [0.25, 0.3) is 5.69 Å². The third-order valence-electron chi connectivity index (χ3n) is 2.73. The van der Waals surface area contributed by atoms with Gasteiger partial charge in [0.15, 0.2) is 0 Å². The zero-order chi connectivity index (χ0) is 15.6. The Morgan fingerprint density at radius 2 is 2.00 bits per heavy atom. The molecule has 2 aromatic carbocycles. The summed E-state index contributed by atoms with van der Waals surface area (Å²) in [5, 5.41) is 11.3. The topological polar surface area (TPSA) is 86.2 Å². The Morgan fingerprint density at radius 1 is 1.29 bits per heavy atom. The largest absolute Gasteiger partial charge is 0.399 e. The summed E-state index contributed by atoms with van der Waals surface area (Å²) in [6.07, 6.45) is 0. The van der Waals surface area contributed by atoms with Crippen LogP contribution >= 0.6 is 27.5 Å². The van der Waals surface area contributed by atoms with Crippen LogP contribution in [0.4, 0.5) is 11.4 Å². The maximum atomic E-state index is 12.4. The van der Waals surface area contributed by atoms with E-state index in [1.54, 1.807) is 24.3 Å². The lowest BCUT2D eigenvalue weighted by molar-refractivity contribution is -0.385. The van der Waals surface area contributed by atoms with E-state index in [0.29, 0.717) is 20.6 Å². The number of nitrogens with zero attached hydrogens (tertiary/aromatic N) is 1. The monoisotopic (exact) mass is 388 g/mol. The molecule has 0 saturated heterocycles. The minimum Gasteiger partial charge on any atom is -0.399 e. The summed E-state index contributed by atoms with van der Waals surface area (Å²) >= 11 is 9.05. The Kier molecular flexibility index (Phi) is 4.97. The Labute approximate surface area is 136 Å². The Bertz CT molecular complexity index is 739. The molecule has 0 aliphatic heterocycles. The van der Waals surface area contributed by atoms with E-state index < -0.39 is 15.7 Å². The first kappa shape index (κ1) is 15.9. The molecule has 0 heterocycles. The van der Waals surface area contributed by atoms with Gasteiger partial charge >= 0.3 is 0 Å². The summed E-state index contributed by atoms with van der Waals surface area (Å²) in [5.74, 6) is 0.0238. The van der Waals surface area contributed by atoms with Gasteiger partial charge in [-0.05, 0) is 46.3 Å². The van der Waals surface area contributed by atoms with Crippen LogP contribution in [0.1, 0.15) is 5.56 Å². The first-order chi connectivity index (χ1) is 9.88. The van der Waals surface area contributed by atoms with Crippen LogP contribution in [-0.4, -0.2) is 9.13 Å². The Hall–Kier alpha value is -1.44. The van der Waals surface area contributed by atoms with E-state index in [4.69, 9.17) is 17.3 Å². The molecule has 0 spiro atoms. The molecular formula is C13H10BrClN2O3S. The van der Waals surface area contributed by atoms with E-state index >= 15 is 0 Å². The summed E-state index contributed by atoms with van der Waals surface area (Å²) in [7, 11) is -1.44. The van der Waals surface area contributed by atoms with Gasteiger partial charge in [0.05, 0.1) is 26.4 Å². The second kappa shape index (κ2) is 6.55. The number of hydrogen-bond acceptors (Lipinski definition) is 4. The van der Waals surface area contributed by atoms with Gasteiger partial charge in [-0.1, -0.05) is 11.6 Å².